The summed E-state index contributed by atoms with van der Waals surface area (Å²) in [4.78, 5) is 2.27. The summed E-state index contributed by atoms with van der Waals surface area (Å²) < 4.78 is 12.9. The summed E-state index contributed by atoms with van der Waals surface area (Å²) in [7, 11) is -1.96. The lowest BCUT2D eigenvalue weighted by atomic mass is 10.1. The molecule has 3 nitrogen and oxygen atoms in total. The van der Waals surface area contributed by atoms with E-state index in [1.54, 1.807) is 0 Å². The maximum atomic E-state index is 6.47. The fraction of sp³-hybridized carbons (Fsp3) is 0.462. The lowest BCUT2D eigenvalue weighted by molar-refractivity contribution is -0.00812. The molecule has 0 bridgehead atoms. The molecule has 0 N–H and O–H groups in total. The molecule has 0 aromatic heterocycles. The monoisotopic (exact) mass is 425 g/mol. The molecule has 30 heavy (non-hydrogen) atoms. The minimum atomic E-state index is -1.96. The van der Waals surface area contributed by atoms with Gasteiger partial charge in [0, 0.05) is 13.1 Å². The Kier molecular flexibility index (Phi) is 7.81. The van der Waals surface area contributed by atoms with Crippen LogP contribution in [0.2, 0.25) is 18.1 Å². The highest BCUT2D eigenvalue weighted by Gasteiger charge is 2.38. The highest BCUT2D eigenvalue weighted by Crippen LogP contribution is 2.37. The highest BCUT2D eigenvalue weighted by atomic mass is 28.4. The molecule has 0 fully saturated rings. The Hall–Kier alpha value is -2.20. The zero-order valence-electron chi connectivity index (χ0n) is 20.0. The van der Waals surface area contributed by atoms with Gasteiger partial charge in [-0.1, -0.05) is 81.4 Å². The quantitative estimate of drug-likeness (QED) is 0.326. The van der Waals surface area contributed by atoms with Crippen LogP contribution in [0.4, 0.5) is 0 Å². The molecule has 164 valence electrons. The summed E-state index contributed by atoms with van der Waals surface area (Å²) in [5, 5.41) is 0.125. The molecule has 0 saturated carbocycles. The summed E-state index contributed by atoms with van der Waals surface area (Å²) in [6, 6.07) is 21.0. The van der Waals surface area contributed by atoms with Crippen molar-refractivity contribution in [2.75, 3.05) is 0 Å². The summed E-state index contributed by atoms with van der Waals surface area (Å²) in [5.41, 5.74) is 2.15. The predicted molar refractivity (Wildman–Crippen MR) is 129 cm³/mol. The van der Waals surface area contributed by atoms with Crippen LogP contribution in [0.15, 0.2) is 72.8 Å². The third-order valence-corrected chi connectivity index (χ3v) is 9.73. The summed E-state index contributed by atoms with van der Waals surface area (Å²) in [5.74, 6) is 0.778. The van der Waals surface area contributed by atoms with Gasteiger partial charge in [0.1, 0.15) is 11.9 Å². The Morgan fingerprint density at radius 3 is 1.60 bits per heavy atom. The first kappa shape index (κ1) is 24.1. The normalized spacial score (nSPS) is 13.1. The Balaban J connectivity index is 2.40. The lowest BCUT2D eigenvalue weighted by Gasteiger charge is -2.37. The molecule has 0 aliphatic carbocycles. The van der Waals surface area contributed by atoms with Crippen molar-refractivity contribution < 1.29 is 9.16 Å². The largest absolute Gasteiger partial charge is 0.545 e. The Labute approximate surface area is 184 Å². The van der Waals surface area contributed by atoms with E-state index in [2.05, 4.69) is 108 Å². The molecule has 0 spiro atoms. The average molecular weight is 426 g/mol. The van der Waals surface area contributed by atoms with Crippen LogP contribution in [0.25, 0.3) is 0 Å². The van der Waals surface area contributed by atoms with Crippen LogP contribution < -0.4 is 0 Å². The van der Waals surface area contributed by atoms with E-state index in [1.807, 2.05) is 18.4 Å². The van der Waals surface area contributed by atoms with E-state index >= 15 is 0 Å². The number of ether oxygens (including phenoxy) is 1. The second kappa shape index (κ2) is 9.74. The van der Waals surface area contributed by atoms with Crippen molar-refractivity contribution in [3.63, 3.8) is 0 Å². The summed E-state index contributed by atoms with van der Waals surface area (Å²) >= 11 is 0. The maximum Gasteiger partial charge on any atom is 0.249 e. The summed E-state index contributed by atoms with van der Waals surface area (Å²) in [6.07, 6.45) is 1.87. The van der Waals surface area contributed by atoms with Gasteiger partial charge in [0.2, 0.25) is 14.2 Å². The number of nitrogens with zero attached hydrogens (tertiary/aromatic N) is 1. The number of hydrogen-bond acceptors (Lipinski definition) is 3. The van der Waals surface area contributed by atoms with Gasteiger partial charge in [0.25, 0.3) is 0 Å². The molecule has 2 rings (SSSR count). The van der Waals surface area contributed by atoms with Gasteiger partial charge in [-0.15, -0.1) is 0 Å². The van der Waals surface area contributed by atoms with Gasteiger partial charge in [0.15, 0.2) is 0 Å². The van der Waals surface area contributed by atoms with Crippen LogP contribution in [0, 0.1) is 0 Å². The van der Waals surface area contributed by atoms with Gasteiger partial charge in [-0.2, -0.15) is 0 Å². The van der Waals surface area contributed by atoms with Gasteiger partial charge in [-0.3, -0.25) is 0 Å². The molecule has 0 unspecified atom stereocenters. The minimum Gasteiger partial charge on any atom is -0.545 e. The molecular formula is C26H39NO2Si. The van der Waals surface area contributed by atoms with Crippen molar-refractivity contribution in [1.82, 2.24) is 4.90 Å². The first-order valence-corrected chi connectivity index (χ1v) is 13.7. The molecule has 0 heterocycles. The Morgan fingerprint density at radius 2 is 1.23 bits per heavy atom. The van der Waals surface area contributed by atoms with Crippen molar-refractivity contribution in [2.45, 2.75) is 78.4 Å². The van der Waals surface area contributed by atoms with Crippen molar-refractivity contribution >= 4 is 8.32 Å². The van der Waals surface area contributed by atoms with Crippen molar-refractivity contribution in [1.29, 1.82) is 0 Å². The van der Waals surface area contributed by atoms with Crippen LogP contribution >= 0.6 is 0 Å². The van der Waals surface area contributed by atoms with Crippen LogP contribution in [-0.4, -0.2) is 18.8 Å². The standard InChI is InChI=1S/C26H39NO2Si/c1-25(2,3)29-24(21-28-30(7,8)26(4,5)6)27(19-22-15-11-9-12-16-22)20-23-17-13-10-14-18-23/h9-18,21H,19-20H2,1-8H3/b24-21-. The van der Waals surface area contributed by atoms with Gasteiger partial charge in [-0.25, -0.2) is 0 Å². The minimum absolute atomic E-state index is 0.125. The van der Waals surface area contributed by atoms with E-state index in [-0.39, 0.29) is 10.6 Å². The van der Waals surface area contributed by atoms with Gasteiger partial charge < -0.3 is 14.1 Å². The van der Waals surface area contributed by atoms with Gasteiger partial charge in [-0.05, 0) is 50.0 Å². The third-order valence-electron chi connectivity index (χ3n) is 5.42. The van der Waals surface area contributed by atoms with Crippen LogP contribution in [0.3, 0.4) is 0 Å². The molecule has 2 aromatic rings. The average Bonchev–Trinajstić information content (AvgIpc) is 2.64. The smallest absolute Gasteiger partial charge is 0.249 e. The van der Waals surface area contributed by atoms with Gasteiger partial charge >= 0.3 is 0 Å². The second-order valence-corrected chi connectivity index (χ2v) is 15.1. The Bertz CT molecular complexity index is 761. The highest BCUT2D eigenvalue weighted by molar-refractivity contribution is 6.74. The number of benzene rings is 2. The molecule has 0 aliphatic heterocycles. The fourth-order valence-electron chi connectivity index (χ4n) is 2.67. The van der Waals surface area contributed by atoms with Crippen molar-refractivity contribution in [3.8, 4) is 0 Å². The number of rotatable bonds is 8. The molecule has 0 radical (unpaired) electrons. The van der Waals surface area contributed by atoms with E-state index in [0.717, 1.165) is 19.0 Å². The first-order valence-electron chi connectivity index (χ1n) is 10.8. The molecule has 0 saturated heterocycles. The molecule has 0 atom stereocenters. The van der Waals surface area contributed by atoms with Crippen molar-refractivity contribution in [3.05, 3.63) is 83.9 Å². The number of hydrogen-bond donors (Lipinski definition) is 0. The second-order valence-electron chi connectivity index (χ2n) is 10.4. The molecule has 4 heteroatoms. The van der Waals surface area contributed by atoms with E-state index in [9.17, 15) is 0 Å². The van der Waals surface area contributed by atoms with E-state index in [0.29, 0.717) is 0 Å². The van der Waals surface area contributed by atoms with Crippen LogP contribution in [0.1, 0.15) is 52.7 Å². The molecular weight excluding hydrogens is 386 g/mol. The van der Waals surface area contributed by atoms with Gasteiger partial charge in [0.05, 0.1) is 0 Å². The SMILES string of the molecule is CC(C)(C)O/C(=C\O[Si](C)(C)C(C)(C)C)N(Cc1ccccc1)Cc1ccccc1. The molecule has 0 amide bonds. The van der Waals surface area contributed by atoms with Crippen molar-refractivity contribution in [2.24, 2.45) is 0 Å². The lowest BCUT2D eigenvalue weighted by Crippen LogP contribution is -2.40. The van der Waals surface area contributed by atoms with Crippen LogP contribution in [0.5, 0.6) is 0 Å². The Morgan fingerprint density at radius 1 is 0.800 bits per heavy atom. The van der Waals surface area contributed by atoms with Crippen LogP contribution in [-0.2, 0) is 22.3 Å². The molecule has 2 aromatic carbocycles. The van der Waals surface area contributed by atoms with E-state index in [1.165, 1.54) is 11.1 Å². The zero-order chi connectivity index (χ0) is 22.4. The topological polar surface area (TPSA) is 21.7 Å². The maximum absolute atomic E-state index is 6.47. The predicted octanol–water partition coefficient (Wildman–Crippen LogP) is 7.32. The third kappa shape index (κ3) is 7.56. The molecule has 0 aliphatic rings. The van der Waals surface area contributed by atoms with E-state index in [4.69, 9.17) is 9.16 Å². The summed E-state index contributed by atoms with van der Waals surface area (Å²) in [6.45, 7) is 19.0. The first-order chi connectivity index (χ1) is 13.9. The zero-order valence-corrected chi connectivity index (χ0v) is 21.0. The van der Waals surface area contributed by atoms with E-state index < -0.39 is 8.32 Å². The fourth-order valence-corrected chi connectivity index (χ4v) is 3.42.